The van der Waals surface area contributed by atoms with E-state index >= 15 is 8.78 Å². The van der Waals surface area contributed by atoms with Crippen molar-refractivity contribution in [2.45, 2.75) is 78.6 Å². The predicted molar refractivity (Wildman–Crippen MR) is 168 cm³/mol. The molecule has 0 radical (unpaired) electrons. The summed E-state index contributed by atoms with van der Waals surface area (Å²) in [5, 5.41) is 12.1. The number of aliphatic carboxylic acids is 1. The molecular weight excluding hydrogens is 640 g/mol. The number of nitrogens with zero attached hydrogens (tertiary/aromatic N) is 2. The summed E-state index contributed by atoms with van der Waals surface area (Å²) in [5.41, 5.74) is -2.82. The fraction of sp³-hybridized carbons (Fsp3) is 0.457. The minimum absolute atomic E-state index is 0.0474. The minimum atomic E-state index is -4.83. The average molecular weight is 680 g/mol. The highest BCUT2D eigenvalue weighted by Crippen LogP contribution is 2.38. The number of aryl methyl sites for hydroxylation is 2. The van der Waals surface area contributed by atoms with Crippen molar-refractivity contribution < 1.29 is 41.0 Å². The Morgan fingerprint density at radius 2 is 1.67 bits per heavy atom. The summed E-state index contributed by atoms with van der Waals surface area (Å²) in [6.07, 6.45) is -3.99. The summed E-state index contributed by atoms with van der Waals surface area (Å²) >= 11 is 0. The van der Waals surface area contributed by atoms with Crippen LogP contribution in [0.5, 0.6) is 0 Å². The Hall–Kier alpha value is -4.13. The molecular formula is C35H39F6N3O4. The highest BCUT2D eigenvalue weighted by atomic mass is 19.4. The number of alkyl halides is 3. The Kier molecular flexibility index (Phi) is 11.1. The molecule has 1 aliphatic rings. The SMILES string of the molecule is Cc1cc(-c2c(C)ccc(F)c2C)c(F)c([C@H](CC(=O)O)NC(=O)[C@H](CC(C)C)n2cc(CCN3CCC3)c(C(F)(F)F)cc2=O)c1F. The first-order valence-electron chi connectivity index (χ1n) is 15.7. The number of halogens is 6. The molecule has 13 heteroatoms. The van der Waals surface area contributed by atoms with Gasteiger partial charge in [0.1, 0.15) is 23.5 Å². The van der Waals surface area contributed by atoms with Gasteiger partial charge in [0, 0.05) is 29.9 Å². The molecule has 0 bridgehead atoms. The number of hydrogen-bond donors (Lipinski definition) is 2. The normalized spacial score (nSPS) is 14.9. The van der Waals surface area contributed by atoms with E-state index in [1.807, 2.05) is 4.90 Å². The summed E-state index contributed by atoms with van der Waals surface area (Å²) in [6.45, 7) is 9.54. The number of carboxylic acids is 1. The van der Waals surface area contributed by atoms with Gasteiger partial charge in [-0.3, -0.25) is 14.4 Å². The number of rotatable bonds is 12. The maximum Gasteiger partial charge on any atom is 0.416 e. The van der Waals surface area contributed by atoms with E-state index in [9.17, 15) is 37.1 Å². The van der Waals surface area contributed by atoms with Crippen LogP contribution in [0.15, 0.2) is 35.3 Å². The van der Waals surface area contributed by atoms with Crippen LogP contribution in [0, 0.1) is 44.1 Å². The molecule has 2 aromatic carbocycles. The molecule has 7 nitrogen and oxygen atoms in total. The summed E-state index contributed by atoms with van der Waals surface area (Å²) in [4.78, 5) is 41.0. The van der Waals surface area contributed by atoms with Gasteiger partial charge >= 0.3 is 12.1 Å². The van der Waals surface area contributed by atoms with Gasteiger partial charge in [0.05, 0.1) is 18.0 Å². The molecule has 1 aliphatic heterocycles. The highest BCUT2D eigenvalue weighted by molar-refractivity contribution is 5.82. The molecule has 2 atom stereocenters. The van der Waals surface area contributed by atoms with Gasteiger partial charge in [-0.2, -0.15) is 13.2 Å². The molecule has 2 N–H and O–H groups in total. The maximum absolute atomic E-state index is 16.4. The number of carbonyl (C=O) groups is 2. The van der Waals surface area contributed by atoms with Crippen molar-refractivity contribution in [3.05, 3.63) is 91.6 Å². The molecule has 0 spiro atoms. The number of amides is 1. The average Bonchev–Trinajstić information content (AvgIpc) is 2.95. The molecule has 2 heterocycles. The van der Waals surface area contributed by atoms with E-state index in [-0.39, 0.29) is 46.6 Å². The van der Waals surface area contributed by atoms with Crippen LogP contribution in [0.25, 0.3) is 11.1 Å². The molecule has 0 unspecified atom stereocenters. The summed E-state index contributed by atoms with van der Waals surface area (Å²) in [5.74, 6) is -5.78. The molecule has 1 saturated heterocycles. The lowest BCUT2D eigenvalue weighted by atomic mass is 9.89. The van der Waals surface area contributed by atoms with E-state index in [4.69, 9.17) is 0 Å². The number of aromatic nitrogens is 1. The zero-order chi connectivity index (χ0) is 35.7. The molecule has 3 aromatic rings. The van der Waals surface area contributed by atoms with Crippen molar-refractivity contribution in [1.82, 2.24) is 14.8 Å². The quantitative estimate of drug-likeness (QED) is 0.201. The Morgan fingerprint density at radius 3 is 2.23 bits per heavy atom. The van der Waals surface area contributed by atoms with Crippen LogP contribution in [0.4, 0.5) is 26.3 Å². The van der Waals surface area contributed by atoms with Crippen molar-refractivity contribution in [1.29, 1.82) is 0 Å². The summed E-state index contributed by atoms with van der Waals surface area (Å²) in [7, 11) is 0. The van der Waals surface area contributed by atoms with Crippen molar-refractivity contribution in [3.63, 3.8) is 0 Å². The van der Waals surface area contributed by atoms with E-state index in [0.717, 1.165) is 30.3 Å². The monoisotopic (exact) mass is 679 g/mol. The summed E-state index contributed by atoms with van der Waals surface area (Å²) in [6, 6.07) is 0.993. The van der Waals surface area contributed by atoms with Crippen molar-refractivity contribution in [2.75, 3.05) is 19.6 Å². The highest BCUT2D eigenvalue weighted by Gasteiger charge is 2.37. The topological polar surface area (TPSA) is 91.6 Å². The summed E-state index contributed by atoms with van der Waals surface area (Å²) < 4.78 is 89.5. The van der Waals surface area contributed by atoms with E-state index < -0.39 is 70.7 Å². The third kappa shape index (κ3) is 7.94. The van der Waals surface area contributed by atoms with E-state index in [0.29, 0.717) is 18.2 Å². The lowest BCUT2D eigenvalue weighted by molar-refractivity contribution is -0.139. The van der Waals surface area contributed by atoms with Gasteiger partial charge in [-0.1, -0.05) is 19.9 Å². The predicted octanol–water partition coefficient (Wildman–Crippen LogP) is 7.04. The minimum Gasteiger partial charge on any atom is -0.481 e. The van der Waals surface area contributed by atoms with Crippen LogP contribution >= 0.6 is 0 Å². The van der Waals surface area contributed by atoms with Gasteiger partial charge in [0.2, 0.25) is 5.91 Å². The molecule has 0 aliphatic carbocycles. The number of carboxylic acid groups (broad SMARTS) is 1. The van der Waals surface area contributed by atoms with Crippen molar-refractivity contribution >= 4 is 11.9 Å². The molecule has 1 fully saturated rings. The van der Waals surface area contributed by atoms with Crippen LogP contribution in [-0.2, 0) is 22.2 Å². The first-order valence-corrected chi connectivity index (χ1v) is 15.7. The molecule has 1 aromatic heterocycles. The van der Waals surface area contributed by atoms with Crippen LogP contribution in [0.3, 0.4) is 0 Å². The van der Waals surface area contributed by atoms with E-state index in [1.54, 1.807) is 20.8 Å². The van der Waals surface area contributed by atoms with Crippen LogP contribution in [0.1, 0.15) is 78.6 Å². The van der Waals surface area contributed by atoms with E-state index in [1.165, 1.54) is 32.0 Å². The zero-order valence-electron chi connectivity index (χ0n) is 27.4. The Bertz CT molecular complexity index is 1760. The third-order valence-corrected chi connectivity index (χ3v) is 8.78. The second-order valence-corrected chi connectivity index (χ2v) is 12.9. The van der Waals surface area contributed by atoms with Crippen LogP contribution < -0.4 is 10.9 Å². The Labute approximate surface area is 274 Å². The smallest absolute Gasteiger partial charge is 0.416 e. The number of likely N-dealkylation sites (tertiary alicyclic amines) is 1. The second-order valence-electron chi connectivity index (χ2n) is 12.9. The number of hydrogen-bond acceptors (Lipinski definition) is 4. The lowest BCUT2D eigenvalue weighted by Gasteiger charge is -2.31. The Balaban J connectivity index is 1.82. The van der Waals surface area contributed by atoms with Crippen LogP contribution in [-0.4, -0.2) is 46.1 Å². The molecule has 260 valence electrons. The fourth-order valence-electron chi connectivity index (χ4n) is 6.16. The zero-order valence-corrected chi connectivity index (χ0v) is 27.4. The number of nitrogens with one attached hydrogen (secondary N) is 1. The number of pyridine rings is 1. The fourth-order valence-corrected chi connectivity index (χ4v) is 6.16. The molecule has 1 amide bonds. The van der Waals surface area contributed by atoms with Gasteiger partial charge in [0.25, 0.3) is 5.56 Å². The van der Waals surface area contributed by atoms with E-state index in [2.05, 4.69) is 5.32 Å². The molecule has 4 rings (SSSR count). The van der Waals surface area contributed by atoms with Gasteiger partial charge in [0.15, 0.2) is 0 Å². The number of benzene rings is 2. The van der Waals surface area contributed by atoms with Gasteiger partial charge in [-0.05, 0) is 99.0 Å². The molecule has 48 heavy (non-hydrogen) atoms. The van der Waals surface area contributed by atoms with Crippen LogP contribution in [0.2, 0.25) is 0 Å². The standard InChI is InChI=1S/C35H39F6N3O4/c1-18(2)13-27(44-17-22(9-12-43-10-6-11-43)24(15-28(44)45)35(39,40)41)34(48)42-26(16-29(46)47)31-32(37)20(4)14-23(33(31)38)30-19(3)7-8-25(36)21(30)5/h7-8,14-15,17-18,26-27H,6,9-13,16H2,1-5H3,(H,42,48)(H,46,47)/t26-,27-/m0/s1. The lowest BCUT2D eigenvalue weighted by Crippen LogP contribution is -2.41. The van der Waals surface area contributed by atoms with Crippen molar-refractivity contribution in [2.24, 2.45) is 5.92 Å². The number of carbonyl (C=O) groups excluding carboxylic acids is 1. The molecule has 0 saturated carbocycles. The third-order valence-electron chi connectivity index (χ3n) is 8.78. The van der Waals surface area contributed by atoms with Crippen molar-refractivity contribution in [3.8, 4) is 11.1 Å². The van der Waals surface area contributed by atoms with Gasteiger partial charge in [-0.15, -0.1) is 0 Å². The second kappa shape index (κ2) is 14.6. The first kappa shape index (κ1) is 36.7. The van der Waals surface area contributed by atoms with Gasteiger partial charge < -0.3 is 19.9 Å². The Morgan fingerprint density at radius 1 is 1.00 bits per heavy atom. The van der Waals surface area contributed by atoms with Gasteiger partial charge in [-0.25, -0.2) is 13.2 Å². The first-order chi connectivity index (χ1) is 22.4. The largest absolute Gasteiger partial charge is 0.481 e. The maximum atomic E-state index is 16.4.